The fraction of sp³-hybridized carbons (Fsp3) is 0.185. The Morgan fingerprint density at radius 2 is 1.15 bits per heavy atom. The molecule has 0 bridgehead atoms. The van der Waals surface area contributed by atoms with Gasteiger partial charge in [-0.25, -0.2) is 24.5 Å². The molecule has 2 aromatic heterocycles. The second-order valence-corrected chi connectivity index (χ2v) is 10.5. The number of carboxylic acids is 2. The number of hydrogen-bond acceptors (Lipinski definition) is 7. The monoisotopic (exact) mass is 656 g/mol. The van der Waals surface area contributed by atoms with Crippen LogP contribution >= 0.6 is 58.0 Å². The van der Waals surface area contributed by atoms with E-state index in [0.29, 0.717) is 55.4 Å². The summed E-state index contributed by atoms with van der Waals surface area (Å²) in [6.07, 6.45) is 0.825. The number of aromatic nitrogens is 4. The van der Waals surface area contributed by atoms with E-state index in [9.17, 15) is 9.59 Å². The molecule has 0 radical (unpaired) electrons. The number of rotatable bonds is 7. The minimum absolute atomic E-state index is 0.112. The largest absolute Gasteiger partial charge is 0.481 e. The van der Waals surface area contributed by atoms with E-state index < -0.39 is 11.9 Å². The lowest BCUT2D eigenvalue weighted by atomic mass is 10.0. The van der Waals surface area contributed by atoms with Crippen LogP contribution in [-0.4, -0.2) is 49.2 Å². The fourth-order valence-electron chi connectivity index (χ4n) is 3.61. The Morgan fingerprint density at radius 3 is 1.56 bits per heavy atom. The van der Waals surface area contributed by atoms with Crippen molar-refractivity contribution in [3.8, 4) is 5.88 Å². The van der Waals surface area contributed by atoms with Gasteiger partial charge in [0.25, 0.3) is 0 Å². The molecule has 0 spiro atoms. The van der Waals surface area contributed by atoms with Gasteiger partial charge in [0.1, 0.15) is 5.15 Å². The molecule has 4 rings (SSSR count). The summed E-state index contributed by atoms with van der Waals surface area (Å²) in [5.41, 5.74) is 4.01. The number of carbonyl (C=O) groups is 2. The highest BCUT2D eigenvalue weighted by molar-refractivity contribution is 6.35. The number of benzene rings is 2. The third kappa shape index (κ3) is 8.40. The molecule has 214 valence electrons. The zero-order chi connectivity index (χ0) is 30.4. The molecule has 0 aliphatic rings. The molecule has 0 atom stereocenters. The topological polar surface area (TPSA) is 135 Å². The quantitative estimate of drug-likeness (QED) is 0.194. The second kappa shape index (κ2) is 14.1. The van der Waals surface area contributed by atoms with Gasteiger partial charge in [0.05, 0.1) is 7.11 Å². The molecule has 2 heterocycles. The minimum atomic E-state index is -1.22. The Balaban J connectivity index is 0.000000226. The Bertz CT molecular complexity index is 1610. The predicted octanol–water partition coefficient (Wildman–Crippen LogP) is 7.42. The predicted molar refractivity (Wildman–Crippen MR) is 158 cm³/mol. The molecule has 0 aliphatic heterocycles. The molecular weight excluding hydrogens is 638 g/mol. The molecule has 2 N–H and O–H groups in total. The first-order valence-electron chi connectivity index (χ1n) is 11.6. The van der Waals surface area contributed by atoms with Crippen molar-refractivity contribution < 1.29 is 24.5 Å². The molecule has 0 saturated heterocycles. The zero-order valence-electron chi connectivity index (χ0n) is 21.7. The normalized spacial score (nSPS) is 10.5. The van der Waals surface area contributed by atoms with Crippen molar-refractivity contribution >= 4 is 69.9 Å². The van der Waals surface area contributed by atoms with Crippen molar-refractivity contribution in [2.75, 3.05) is 7.11 Å². The summed E-state index contributed by atoms with van der Waals surface area (Å²) in [5, 5.41) is 20.1. The van der Waals surface area contributed by atoms with Crippen LogP contribution in [0.5, 0.6) is 5.88 Å². The van der Waals surface area contributed by atoms with E-state index >= 15 is 0 Å². The Kier molecular flexibility index (Phi) is 11.1. The highest BCUT2D eigenvalue weighted by Crippen LogP contribution is 2.28. The van der Waals surface area contributed by atoms with Gasteiger partial charge in [0.2, 0.25) is 17.5 Å². The lowest BCUT2D eigenvalue weighted by Gasteiger charge is -2.12. The first-order valence-corrected chi connectivity index (χ1v) is 13.5. The van der Waals surface area contributed by atoms with Crippen molar-refractivity contribution in [3.05, 3.63) is 107 Å². The molecule has 0 fully saturated rings. The van der Waals surface area contributed by atoms with E-state index in [-0.39, 0.29) is 22.7 Å². The van der Waals surface area contributed by atoms with E-state index in [4.69, 9.17) is 73.0 Å². The van der Waals surface area contributed by atoms with Gasteiger partial charge in [-0.1, -0.05) is 70.1 Å². The molecule has 2 aromatic carbocycles. The first-order chi connectivity index (χ1) is 19.3. The van der Waals surface area contributed by atoms with Crippen LogP contribution in [-0.2, 0) is 12.8 Å². The number of nitrogens with zero attached hydrogens (tertiary/aromatic N) is 4. The van der Waals surface area contributed by atoms with Crippen LogP contribution < -0.4 is 4.74 Å². The number of ether oxygens (including phenoxy) is 1. The third-order valence-corrected chi connectivity index (χ3v) is 7.17. The summed E-state index contributed by atoms with van der Waals surface area (Å²) in [7, 11) is 1.43. The van der Waals surface area contributed by atoms with Crippen LogP contribution in [0.25, 0.3) is 0 Å². The highest BCUT2D eigenvalue weighted by Gasteiger charge is 2.18. The standard InChI is InChI=1S/C14H12Cl2N2O3.C13H9Cl3N2O2/c1-7-10(5-8-3-4-9(15)6-11(8)16)13(21-2)18-12(17-7)14(19)20;1-6-9(11(16)18-12(17-6)13(19)20)4-7-2-3-8(14)5-10(7)15/h3-4,6H,5H2,1-2H3,(H,19,20);2-3,5H,4H2,1H3,(H,19,20). The SMILES string of the molecule is COc1nc(C(=O)O)nc(C)c1Cc1ccc(Cl)cc1Cl.Cc1nc(C(=O)O)nc(Cl)c1Cc1ccc(Cl)cc1Cl. The van der Waals surface area contributed by atoms with Gasteiger partial charge >= 0.3 is 11.9 Å². The molecule has 41 heavy (non-hydrogen) atoms. The highest BCUT2D eigenvalue weighted by atomic mass is 35.5. The molecule has 0 amide bonds. The summed E-state index contributed by atoms with van der Waals surface area (Å²) < 4.78 is 5.17. The molecule has 0 unspecified atom stereocenters. The number of aryl methyl sites for hydroxylation is 2. The van der Waals surface area contributed by atoms with E-state index in [1.807, 2.05) is 0 Å². The van der Waals surface area contributed by atoms with Crippen LogP contribution in [0.1, 0.15) is 54.9 Å². The summed E-state index contributed by atoms with van der Waals surface area (Å²) >= 11 is 30.0. The number of methoxy groups -OCH3 is 1. The number of carboxylic acid groups (broad SMARTS) is 2. The lowest BCUT2D eigenvalue weighted by Crippen LogP contribution is -2.10. The second-order valence-electron chi connectivity index (χ2n) is 8.46. The average molecular weight is 659 g/mol. The maximum Gasteiger partial charge on any atom is 0.374 e. The van der Waals surface area contributed by atoms with Crippen molar-refractivity contribution in [3.63, 3.8) is 0 Å². The van der Waals surface area contributed by atoms with E-state index in [2.05, 4.69) is 19.9 Å². The number of aromatic carboxylic acids is 2. The number of hydrogen-bond donors (Lipinski definition) is 2. The van der Waals surface area contributed by atoms with E-state index in [1.165, 1.54) is 7.11 Å². The Labute approximate surface area is 260 Å². The lowest BCUT2D eigenvalue weighted by molar-refractivity contribution is 0.0672. The van der Waals surface area contributed by atoms with Crippen LogP contribution in [0.2, 0.25) is 25.2 Å². The van der Waals surface area contributed by atoms with Gasteiger partial charge in [-0.15, -0.1) is 0 Å². The Hall–Kier alpha value is -3.21. The maximum atomic E-state index is 11.0. The van der Waals surface area contributed by atoms with Crippen molar-refractivity contribution in [1.29, 1.82) is 0 Å². The third-order valence-electron chi connectivity index (χ3n) is 5.68. The molecule has 14 heteroatoms. The molecule has 4 aromatic rings. The van der Waals surface area contributed by atoms with Gasteiger partial charge in [0, 0.05) is 55.4 Å². The summed E-state index contributed by atoms with van der Waals surface area (Å²) in [6.45, 7) is 3.38. The van der Waals surface area contributed by atoms with Crippen LogP contribution in [0.3, 0.4) is 0 Å². The fourth-order valence-corrected chi connectivity index (χ4v) is 4.84. The van der Waals surface area contributed by atoms with Gasteiger partial charge in [-0.05, 0) is 49.2 Å². The van der Waals surface area contributed by atoms with E-state index in [1.54, 1.807) is 50.2 Å². The van der Waals surface area contributed by atoms with Gasteiger partial charge in [0.15, 0.2) is 0 Å². The van der Waals surface area contributed by atoms with Gasteiger partial charge in [-0.2, -0.15) is 4.98 Å². The van der Waals surface area contributed by atoms with Crippen LogP contribution in [0, 0.1) is 13.8 Å². The maximum absolute atomic E-state index is 11.0. The molecule has 0 aliphatic carbocycles. The molecule has 9 nitrogen and oxygen atoms in total. The summed E-state index contributed by atoms with van der Waals surface area (Å²) in [5.74, 6) is -2.81. The van der Waals surface area contributed by atoms with Crippen molar-refractivity contribution in [2.24, 2.45) is 0 Å². The molecule has 0 saturated carbocycles. The number of halogens is 5. The van der Waals surface area contributed by atoms with Crippen molar-refractivity contribution in [2.45, 2.75) is 26.7 Å². The Morgan fingerprint density at radius 1 is 0.707 bits per heavy atom. The van der Waals surface area contributed by atoms with Crippen LogP contribution in [0.4, 0.5) is 0 Å². The van der Waals surface area contributed by atoms with E-state index in [0.717, 1.165) is 11.1 Å². The van der Waals surface area contributed by atoms with Crippen LogP contribution in [0.15, 0.2) is 36.4 Å². The average Bonchev–Trinajstić information content (AvgIpc) is 2.89. The first kappa shape index (κ1) is 32.3. The molecular formula is C27H21Cl5N4O5. The summed E-state index contributed by atoms with van der Waals surface area (Å²) in [4.78, 5) is 37.3. The smallest absolute Gasteiger partial charge is 0.374 e. The summed E-state index contributed by atoms with van der Waals surface area (Å²) in [6, 6.07) is 10.3. The van der Waals surface area contributed by atoms with Gasteiger partial charge < -0.3 is 14.9 Å². The minimum Gasteiger partial charge on any atom is -0.481 e. The van der Waals surface area contributed by atoms with Gasteiger partial charge in [-0.3, -0.25) is 0 Å². The van der Waals surface area contributed by atoms with Crippen molar-refractivity contribution in [1.82, 2.24) is 19.9 Å². The zero-order valence-corrected chi connectivity index (χ0v) is 25.5.